The minimum absolute atomic E-state index is 0.185. The van der Waals surface area contributed by atoms with Crippen molar-refractivity contribution in [2.45, 2.75) is 17.7 Å². The molecule has 2 rings (SSSR count). The first-order chi connectivity index (χ1) is 9.13. The molecule has 0 unspecified atom stereocenters. The van der Waals surface area contributed by atoms with Crippen molar-refractivity contribution in [1.29, 1.82) is 0 Å². The van der Waals surface area contributed by atoms with Gasteiger partial charge in [0.1, 0.15) is 10.7 Å². The highest BCUT2D eigenvalue weighted by molar-refractivity contribution is 7.89. The van der Waals surface area contributed by atoms with Crippen LogP contribution in [0.15, 0.2) is 23.2 Å². The summed E-state index contributed by atoms with van der Waals surface area (Å²) >= 11 is 0. The zero-order chi connectivity index (χ0) is 13.7. The van der Waals surface area contributed by atoms with Crippen molar-refractivity contribution in [3.8, 4) is 0 Å². The molecule has 1 aromatic rings. The fraction of sp³-hybridized carbons (Fsp3) is 0.583. The molecule has 0 aliphatic carbocycles. The van der Waals surface area contributed by atoms with Gasteiger partial charge in [-0.3, -0.25) is 0 Å². The molecular weight excluding hydrogens is 266 g/mol. The molecule has 1 aliphatic rings. The summed E-state index contributed by atoms with van der Waals surface area (Å²) in [5, 5.41) is 2.79. The summed E-state index contributed by atoms with van der Waals surface area (Å²) in [6, 6.07) is 3.16. The van der Waals surface area contributed by atoms with E-state index in [1.54, 1.807) is 25.4 Å². The average molecular weight is 285 g/mol. The quantitative estimate of drug-likeness (QED) is 0.837. The minimum Gasteiger partial charge on any atom is -0.381 e. The van der Waals surface area contributed by atoms with Crippen molar-refractivity contribution in [3.05, 3.63) is 18.3 Å². The van der Waals surface area contributed by atoms with Crippen LogP contribution in [0.5, 0.6) is 0 Å². The van der Waals surface area contributed by atoms with Crippen LogP contribution in [0.1, 0.15) is 12.8 Å². The van der Waals surface area contributed by atoms with Crippen LogP contribution in [0.25, 0.3) is 0 Å². The third-order valence-corrected chi connectivity index (χ3v) is 4.66. The molecule has 1 aromatic heterocycles. The molecular formula is C12H19N3O3S. The number of nitrogens with zero attached hydrogens (tertiary/aromatic N) is 1. The minimum atomic E-state index is -3.52. The zero-order valence-electron chi connectivity index (χ0n) is 10.9. The van der Waals surface area contributed by atoms with E-state index < -0.39 is 10.0 Å². The Morgan fingerprint density at radius 2 is 2.16 bits per heavy atom. The van der Waals surface area contributed by atoms with Crippen molar-refractivity contribution in [3.63, 3.8) is 0 Å². The lowest BCUT2D eigenvalue weighted by Crippen LogP contribution is -2.32. The SMILES string of the molecule is CNc1ncccc1S(=O)(=O)NCC1CCOCC1. The molecule has 0 saturated carbocycles. The Morgan fingerprint density at radius 1 is 1.42 bits per heavy atom. The summed E-state index contributed by atoms with van der Waals surface area (Å²) in [6.45, 7) is 1.87. The smallest absolute Gasteiger partial charge is 0.244 e. The van der Waals surface area contributed by atoms with Crippen LogP contribution in [0.4, 0.5) is 5.82 Å². The maximum absolute atomic E-state index is 12.2. The summed E-state index contributed by atoms with van der Waals surface area (Å²) in [7, 11) is -1.87. The number of anilines is 1. The molecule has 0 bridgehead atoms. The molecule has 1 aliphatic heterocycles. The Bertz CT molecular complexity index is 513. The third kappa shape index (κ3) is 3.65. The maximum Gasteiger partial charge on any atom is 0.244 e. The molecule has 1 saturated heterocycles. The second-order valence-electron chi connectivity index (χ2n) is 4.51. The van der Waals surface area contributed by atoms with Crippen molar-refractivity contribution in [2.24, 2.45) is 5.92 Å². The molecule has 0 radical (unpaired) electrons. The maximum atomic E-state index is 12.2. The lowest BCUT2D eigenvalue weighted by molar-refractivity contribution is 0.0678. The Kier molecular flexibility index (Phi) is 4.73. The van der Waals surface area contributed by atoms with Crippen LogP contribution in [0.2, 0.25) is 0 Å². The Morgan fingerprint density at radius 3 is 2.84 bits per heavy atom. The highest BCUT2D eigenvalue weighted by atomic mass is 32.2. The number of ether oxygens (including phenoxy) is 1. The monoisotopic (exact) mass is 285 g/mol. The highest BCUT2D eigenvalue weighted by Gasteiger charge is 2.21. The first-order valence-electron chi connectivity index (χ1n) is 6.33. The number of nitrogens with one attached hydrogen (secondary N) is 2. The molecule has 19 heavy (non-hydrogen) atoms. The second-order valence-corrected chi connectivity index (χ2v) is 6.24. The van der Waals surface area contributed by atoms with E-state index in [0.29, 0.717) is 31.5 Å². The molecule has 2 N–H and O–H groups in total. The molecule has 6 nitrogen and oxygen atoms in total. The van der Waals surface area contributed by atoms with Crippen LogP contribution in [0.3, 0.4) is 0 Å². The number of pyridine rings is 1. The highest BCUT2D eigenvalue weighted by Crippen LogP contribution is 2.19. The number of sulfonamides is 1. The van der Waals surface area contributed by atoms with Gasteiger partial charge in [-0.15, -0.1) is 0 Å². The first-order valence-corrected chi connectivity index (χ1v) is 7.82. The fourth-order valence-electron chi connectivity index (χ4n) is 2.05. The van der Waals surface area contributed by atoms with E-state index in [-0.39, 0.29) is 4.90 Å². The van der Waals surface area contributed by atoms with Gasteiger partial charge in [-0.25, -0.2) is 18.1 Å². The molecule has 0 aromatic carbocycles. The molecule has 106 valence electrons. The second kappa shape index (κ2) is 6.31. The summed E-state index contributed by atoms with van der Waals surface area (Å²) in [5.74, 6) is 0.709. The van der Waals surface area contributed by atoms with Gasteiger partial charge in [0, 0.05) is 33.0 Å². The largest absolute Gasteiger partial charge is 0.381 e. The van der Waals surface area contributed by atoms with Gasteiger partial charge in [-0.1, -0.05) is 0 Å². The average Bonchev–Trinajstić information content (AvgIpc) is 2.46. The number of hydrogen-bond donors (Lipinski definition) is 2. The van der Waals surface area contributed by atoms with Gasteiger partial charge in [-0.2, -0.15) is 0 Å². The van der Waals surface area contributed by atoms with Crippen LogP contribution in [-0.4, -0.2) is 40.2 Å². The number of aromatic nitrogens is 1. The van der Waals surface area contributed by atoms with E-state index in [4.69, 9.17) is 4.74 Å². The van der Waals surface area contributed by atoms with Crippen LogP contribution in [0, 0.1) is 5.92 Å². The van der Waals surface area contributed by atoms with E-state index in [1.807, 2.05) is 0 Å². The van der Waals surface area contributed by atoms with Gasteiger partial charge >= 0.3 is 0 Å². The Hall–Kier alpha value is -1.18. The van der Waals surface area contributed by atoms with Gasteiger partial charge < -0.3 is 10.1 Å². The van der Waals surface area contributed by atoms with E-state index in [9.17, 15) is 8.42 Å². The van der Waals surface area contributed by atoms with Gasteiger partial charge in [0.05, 0.1) is 0 Å². The zero-order valence-corrected chi connectivity index (χ0v) is 11.7. The summed E-state index contributed by atoms with van der Waals surface area (Å²) < 4.78 is 32.4. The van der Waals surface area contributed by atoms with E-state index >= 15 is 0 Å². The number of hydrogen-bond acceptors (Lipinski definition) is 5. The third-order valence-electron chi connectivity index (χ3n) is 3.20. The molecule has 2 heterocycles. The van der Waals surface area contributed by atoms with E-state index in [2.05, 4.69) is 15.0 Å². The summed E-state index contributed by atoms with van der Waals surface area (Å²) in [4.78, 5) is 4.19. The summed E-state index contributed by atoms with van der Waals surface area (Å²) in [6.07, 6.45) is 3.35. The Balaban J connectivity index is 2.05. The van der Waals surface area contributed by atoms with Gasteiger partial charge in [0.25, 0.3) is 0 Å². The summed E-state index contributed by atoms with van der Waals surface area (Å²) in [5.41, 5.74) is 0. The van der Waals surface area contributed by atoms with Crippen LogP contribution < -0.4 is 10.0 Å². The predicted octanol–water partition coefficient (Wildman–Crippen LogP) is 0.828. The van der Waals surface area contributed by atoms with Crippen molar-refractivity contribution < 1.29 is 13.2 Å². The molecule has 7 heteroatoms. The van der Waals surface area contributed by atoms with Crippen LogP contribution >= 0.6 is 0 Å². The van der Waals surface area contributed by atoms with Crippen molar-refractivity contribution in [1.82, 2.24) is 9.71 Å². The molecule has 0 amide bonds. The molecule has 1 fully saturated rings. The standard InChI is InChI=1S/C12H19N3O3S/c1-13-12-11(3-2-6-14-12)19(16,17)15-9-10-4-7-18-8-5-10/h2-3,6,10,15H,4-5,7-9H2,1H3,(H,13,14). The van der Waals surface area contributed by atoms with Gasteiger partial charge in [-0.05, 0) is 30.9 Å². The fourth-order valence-corrected chi connectivity index (χ4v) is 3.33. The van der Waals surface area contributed by atoms with E-state index in [0.717, 1.165) is 12.8 Å². The molecule has 0 atom stereocenters. The van der Waals surface area contributed by atoms with Gasteiger partial charge in [0.15, 0.2) is 0 Å². The lowest BCUT2D eigenvalue weighted by atomic mass is 10.0. The Labute approximate surface area is 113 Å². The van der Waals surface area contributed by atoms with Crippen molar-refractivity contribution >= 4 is 15.8 Å². The number of rotatable bonds is 5. The lowest BCUT2D eigenvalue weighted by Gasteiger charge is -2.22. The van der Waals surface area contributed by atoms with Gasteiger partial charge in [0.2, 0.25) is 10.0 Å². The molecule has 0 spiro atoms. The van der Waals surface area contributed by atoms with Crippen LogP contribution in [-0.2, 0) is 14.8 Å². The van der Waals surface area contributed by atoms with E-state index in [1.165, 1.54) is 0 Å². The van der Waals surface area contributed by atoms with Crippen molar-refractivity contribution in [2.75, 3.05) is 32.1 Å². The predicted molar refractivity (Wildman–Crippen MR) is 72.5 cm³/mol. The first kappa shape index (κ1) is 14.2. The normalized spacial score (nSPS) is 17.3. The topological polar surface area (TPSA) is 80.3 Å².